The van der Waals surface area contributed by atoms with E-state index in [2.05, 4.69) is 31.2 Å². The normalized spacial score (nSPS) is 18.0. The molecule has 0 N–H and O–H groups in total. The van der Waals surface area contributed by atoms with Crippen LogP contribution in [0.2, 0.25) is 0 Å². The van der Waals surface area contributed by atoms with E-state index in [1.54, 1.807) is 7.11 Å². The van der Waals surface area contributed by atoms with Crippen LogP contribution in [0.5, 0.6) is 11.5 Å². The molecule has 1 aliphatic rings. The van der Waals surface area contributed by atoms with E-state index in [1.807, 2.05) is 45.9 Å². The standard InChI is InChI=1S/C21H27BO4/c1-15-7-9-16(10-8-15)14-24-18-12-11-17(13-19(18)23-6)22-25-20(2,3)21(4,5)26-22/h7-13H,14H2,1-6H3. The zero-order valence-corrected chi connectivity index (χ0v) is 16.5. The lowest BCUT2D eigenvalue weighted by Gasteiger charge is -2.32. The number of rotatable bonds is 5. The highest BCUT2D eigenvalue weighted by molar-refractivity contribution is 6.62. The van der Waals surface area contributed by atoms with Gasteiger partial charge in [-0.3, -0.25) is 0 Å². The minimum Gasteiger partial charge on any atom is -0.493 e. The van der Waals surface area contributed by atoms with Crippen LogP contribution in [0, 0.1) is 6.92 Å². The topological polar surface area (TPSA) is 36.9 Å². The van der Waals surface area contributed by atoms with Crippen molar-refractivity contribution in [2.24, 2.45) is 0 Å². The molecule has 3 rings (SSSR count). The predicted octanol–water partition coefficient (Wildman–Crippen LogP) is 3.88. The van der Waals surface area contributed by atoms with Crippen molar-refractivity contribution in [1.82, 2.24) is 0 Å². The summed E-state index contributed by atoms with van der Waals surface area (Å²) in [5.41, 5.74) is 2.53. The van der Waals surface area contributed by atoms with Crippen molar-refractivity contribution in [1.29, 1.82) is 0 Å². The number of ether oxygens (including phenoxy) is 2. The Hall–Kier alpha value is -1.98. The van der Waals surface area contributed by atoms with Gasteiger partial charge in [-0.2, -0.15) is 0 Å². The van der Waals surface area contributed by atoms with Gasteiger partial charge in [-0.1, -0.05) is 35.9 Å². The predicted molar refractivity (Wildman–Crippen MR) is 104 cm³/mol. The minimum atomic E-state index is -0.417. The Kier molecular flexibility index (Phi) is 5.04. The van der Waals surface area contributed by atoms with E-state index < -0.39 is 7.12 Å². The van der Waals surface area contributed by atoms with E-state index in [0.717, 1.165) is 11.0 Å². The summed E-state index contributed by atoms with van der Waals surface area (Å²) < 4.78 is 23.7. The first-order valence-corrected chi connectivity index (χ1v) is 8.94. The largest absolute Gasteiger partial charge is 0.494 e. The molecule has 138 valence electrons. The second-order valence-electron chi connectivity index (χ2n) is 7.77. The monoisotopic (exact) mass is 354 g/mol. The van der Waals surface area contributed by atoms with Crippen molar-refractivity contribution >= 4 is 12.6 Å². The van der Waals surface area contributed by atoms with Crippen LogP contribution in [0.25, 0.3) is 0 Å². The quantitative estimate of drug-likeness (QED) is 0.764. The van der Waals surface area contributed by atoms with Gasteiger partial charge >= 0.3 is 7.12 Å². The van der Waals surface area contributed by atoms with E-state index in [-0.39, 0.29) is 11.2 Å². The first-order chi connectivity index (χ1) is 12.2. The van der Waals surface area contributed by atoms with Crippen LogP contribution in [0.4, 0.5) is 0 Å². The number of methoxy groups -OCH3 is 1. The van der Waals surface area contributed by atoms with Gasteiger partial charge in [0.05, 0.1) is 18.3 Å². The Morgan fingerprint density at radius 3 is 2.08 bits per heavy atom. The summed E-state index contributed by atoms with van der Waals surface area (Å²) in [6.07, 6.45) is 0. The van der Waals surface area contributed by atoms with E-state index in [1.165, 1.54) is 5.56 Å². The molecule has 1 aliphatic heterocycles. The smallest absolute Gasteiger partial charge is 0.493 e. The molecule has 0 unspecified atom stereocenters. The van der Waals surface area contributed by atoms with Crippen molar-refractivity contribution in [2.75, 3.05) is 7.11 Å². The molecule has 0 atom stereocenters. The van der Waals surface area contributed by atoms with Crippen molar-refractivity contribution < 1.29 is 18.8 Å². The average Bonchev–Trinajstić information content (AvgIpc) is 2.82. The lowest BCUT2D eigenvalue weighted by molar-refractivity contribution is 0.00578. The number of aryl methyl sites for hydroxylation is 1. The van der Waals surface area contributed by atoms with Crippen LogP contribution in [0.15, 0.2) is 42.5 Å². The van der Waals surface area contributed by atoms with Crippen LogP contribution in [0.1, 0.15) is 38.8 Å². The molecule has 2 aromatic rings. The highest BCUT2D eigenvalue weighted by atomic mass is 16.7. The van der Waals surface area contributed by atoms with Gasteiger partial charge in [-0.15, -0.1) is 0 Å². The molecule has 5 heteroatoms. The van der Waals surface area contributed by atoms with E-state index in [4.69, 9.17) is 18.8 Å². The van der Waals surface area contributed by atoms with E-state index in [0.29, 0.717) is 18.1 Å². The molecule has 0 aromatic heterocycles. The Balaban J connectivity index is 1.75. The van der Waals surface area contributed by atoms with Gasteiger partial charge in [-0.25, -0.2) is 0 Å². The first-order valence-electron chi connectivity index (χ1n) is 8.94. The number of hydrogen-bond donors (Lipinski definition) is 0. The molecule has 0 spiro atoms. The Morgan fingerprint density at radius 1 is 0.885 bits per heavy atom. The number of benzene rings is 2. The molecular weight excluding hydrogens is 327 g/mol. The van der Waals surface area contributed by atoms with Crippen LogP contribution in [-0.2, 0) is 15.9 Å². The fourth-order valence-electron chi connectivity index (χ4n) is 2.77. The SMILES string of the molecule is COc1cc(B2OC(C)(C)C(C)(C)O2)ccc1OCc1ccc(C)cc1. The lowest BCUT2D eigenvalue weighted by Crippen LogP contribution is -2.41. The van der Waals surface area contributed by atoms with Crippen LogP contribution in [0.3, 0.4) is 0 Å². The van der Waals surface area contributed by atoms with Crippen molar-refractivity contribution in [3.63, 3.8) is 0 Å². The second-order valence-corrected chi connectivity index (χ2v) is 7.77. The van der Waals surface area contributed by atoms with E-state index >= 15 is 0 Å². The molecule has 0 amide bonds. The Labute approximate surface area is 156 Å². The van der Waals surface area contributed by atoms with Gasteiger partial charge in [0.1, 0.15) is 6.61 Å². The van der Waals surface area contributed by atoms with Gasteiger partial charge in [0.2, 0.25) is 0 Å². The summed E-state index contributed by atoms with van der Waals surface area (Å²) in [6, 6.07) is 14.1. The molecule has 4 nitrogen and oxygen atoms in total. The maximum atomic E-state index is 6.11. The fourth-order valence-corrected chi connectivity index (χ4v) is 2.77. The molecule has 0 bridgehead atoms. The maximum absolute atomic E-state index is 6.11. The average molecular weight is 354 g/mol. The highest BCUT2D eigenvalue weighted by Crippen LogP contribution is 2.37. The molecule has 0 radical (unpaired) electrons. The second kappa shape index (κ2) is 6.97. The zero-order chi connectivity index (χ0) is 18.9. The summed E-state index contributed by atoms with van der Waals surface area (Å²) in [7, 11) is 1.22. The third-order valence-corrected chi connectivity index (χ3v) is 5.23. The van der Waals surface area contributed by atoms with Crippen LogP contribution < -0.4 is 14.9 Å². The first kappa shape index (κ1) is 18.8. The third-order valence-electron chi connectivity index (χ3n) is 5.23. The van der Waals surface area contributed by atoms with E-state index in [9.17, 15) is 0 Å². The van der Waals surface area contributed by atoms with Crippen molar-refractivity contribution in [2.45, 2.75) is 52.4 Å². The minimum absolute atomic E-state index is 0.370. The molecule has 1 heterocycles. The lowest BCUT2D eigenvalue weighted by atomic mass is 9.79. The van der Waals surface area contributed by atoms with Gasteiger partial charge in [-0.05, 0) is 57.8 Å². The summed E-state index contributed by atoms with van der Waals surface area (Å²) in [6.45, 7) is 10.7. The molecule has 0 saturated carbocycles. The van der Waals surface area contributed by atoms with Crippen molar-refractivity contribution in [3.8, 4) is 11.5 Å². The summed E-state index contributed by atoms with van der Waals surface area (Å²) in [5.74, 6) is 1.37. The Morgan fingerprint density at radius 2 is 1.50 bits per heavy atom. The van der Waals surface area contributed by atoms with Gasteiger partial charge < -0.3 is 18.8 Å². The maximum Gasteiger partial charge on any atom is 0.494 e. The molecule has 26 heavy (non-hydrogen) atoms. The molecular formula is C21H27BO4. The molecule has 0 aliphatic carbocycles. The highest BCUT2D eigenvalue weighted by Gasteiger charge is 2.51. The molecule has 1 saturated heterocycles. The van der Waals surface area contributed by atoms with Crippen molar-refractivity contribution in [3.05, 3.63) is 53.6 Å². The summed E-state index contributed by atoms with van der Waals surface area (Å²) in [5, 5.41) is 0. The molecule has 1 fully saturated rings. The summed E-state index contributed by atoms with van der Waals surface area (Å²) >= 11 is 0. The molecule has 2 aromatic carbocycles. The Bertz CT molecular complexity index is 752. The van der Waals surface area contributed by atoms with Gasteiger partial charge in [0.25, 0.3) is 0 Å². The summed E-state index contributed by atoms with van der Waals surface area (Å²) in [4.78, 5) is 0. The van der Waals surface area contributed by atoms with Gasteiger partial charge in [0.15, 0.2) is 11.5 Å². The fraction of sp³-hybridized carbons (Fsp3) is 0.429. The third kappa shape index (κ3) is 3.74. The van der Waals surface area contributed by atoms with Gasteiger partial charge in [0, 0.05) is 0 Å². The zero-order valence-electron chi connectivity index (χ0n) is 16.5. The number of hydrogen-bond acceptors (Lipinski definition) is 4. The van der Waals surface area contributed by atoms with Crippen LogP contribution >= 0.6 is 0 Å². The van der Waals surface area contributed by atoms with Crippen LogP contribution in [-0.4, -0.2) is 25.4 Å².